The lowest BCUT2D eigenvalue weighted by atomic mass is 10.2. The van der Waals surface area contributed by atoms with Gasteiger partial charge >= 0.3 is 6.03 Å². The number of amides is 3. The highest BCUT2D eigenvalue weighted by Crippen LogP contribution is 2.34. The van der Waals surface area contributed by atoms with Crippen LogP contribution < -0.4 is 29.7 Å². The molecule has 154 valence electrons. The van der Waals surface area contributed by atoms with E-state index in [-0.39, 0.29) is 11.9 Å². The topological polar surface area (TPSA) is 89.1 Å². The zero-order chi connectivity index (χ0) is 20.8. The van der Waals surface area contributed by atoms with Gasteiger partial charge < -0.3 is 29.7 Å². The maximum Gasteiger partial charge on any atom is 0.319 e. The molecule has 2 N–H and O–H groups in total. The standard InChI is InChI=1S/C21H25N3O5/c1-27-17-9-7-15(12-16(17)24-10-4-5-20(24)25)23-21(26)22-13-14-6-8-18(28-2)19(11-14)29-3/h6-9,11-12H,4-5,10,13H2,1-3H3,(H2,22,23,26). The van der Waals surface area contributed by atoms with Crippen LogP contribution in [-0.4, -0.2) is 39.8 Å². The Morgan fingerprint density at radius 2 is 1.72 bits per heavy atom. The number of carbonyl (C=O) groups is 2. The second-order valence-corrected chi connectivity index (χ2v) is 6.53. The molecule has 0 atom stereocenters. The second-order valence-electron chi connectivity index (χ2n) is 6.53. The van der Waals surface area contributed by atoms with Crippen LogP contribution in [0.25, 0.3) is 0 Å². The van der Waals surface area contributed by atoms with Crippen LogP contribution in [0.5, 0.6) is 17.2 Å². The van der Waals surface area contributed by atoms with Gasteiger partial charge in [0.15, 0.2) is 11.5 Å². The first-order valence-electron chi connectivity index (χ1n) is 9.30. The van der Waals surface area contributed by atoms with Crippen LogP contribution in [0.3, 0.4) is 0 Å². The number of hydrogen-bond acceptors (Lipinski definition) is 5. The van der Waals surface area contributed by atoms with Crippen molar-refractivity contribution in [3.05, 3.63) is 42.0 Å². The zero-order valence-electron chi connectivity index (χ0n) is 16.8. The Morgan fingerprint density at radius 3 is 2.38 bits per heavy atom. The lowest BCUT2D eigenvalue weighted by Crippen LogP contribution is -2.28. The monoisotopic (exact) mass is 399 g/mol. The summed E-state index contributed by atoms with van der Waals surface area (Å²) in [6.07, 6.45) is 1.33. The molecule has 1 aliphatic heterocycles. The fourth-order valence-electron chi connectivity index (χ4n) is 3.23. The highest BCUT2D eigenvalue weighted by Gasteiger charge is 2.24. The summed E-state index contributed by atoms with van der Waals surface area (Å²) in [7, 11) is 4.69. The van der Waals surface area contributed by atoms with Crippen molar-refractivity contribution in [2.45, 2.75) is 19.4 Å². The smallest absolute Gasteiger partial charge is 0.319 e. The molecule has 8 heteroatoms. The fourth-order valence-corrected chi connectivity index (χ4v) is 3.23. The molecule has 0 aromatic heterocycles. The normalized spacial score (nSPS) is 13.2. The molecule has 29 heavy (non-hydrogen) atoms. The van der Waals surface area contributed by atoms with Crippen LogP contribution in [0.1, 0.15) is 18.4 Å². The van der Waals surface area contributed by atoms with Crippen LogP contribution in [0, 0.1) is 0 Å². The molecule has 1 heterocycles. The van der Waals surface area contributed by atoms with Crippen LogP contribution in [0.2, 0.25) is 0 Å². The van der Waals surface area contributed by atoms with Crippen LogP contribution in [0.4, 0.5) is 16.2 Å². The molecule has 2 aromatic rings. The number of nitrogens with zero attached hydrogens (tertiary/aromatic N) is 1. The first kappa shape index (κ1) is 20.3. The maximum absolute atomic E-state index is 12.3. The predicted molar refractivity (Wildman–Crippen MR) is 110 cm³/mol. The molecular weight excluding hydrogens is 374 g/mol. The third kappa shape index (κ3) is 4.71. The number of anilines is 2. The number of ether oxygens (including phenoxy) is 3. The molecule has 1 aliphatic rings. The SMILES string of the molecule is COc1ccc(CNC(=O)Nc2ccc(OC)c(N3CCCC3=O)c2)cc1OC. The van der Waals surface area contributed by atoms with Gasteiger partial charge in [-0.2, -0.15) is 0 Å². The molecule has 8 nitrogen and oxygen atoms in total. The van der Waals surface area contributed by atoms with Crippen molar-refractivity contribution in [2.75, 3.05) is 38.1 Å². The lowest BCUT2D eigenvalue weighted by molar-refractivity contribution is -0.117. The van der Waals surface area contributed by atoms with Gasteiger partial charge in [0.25, 0.3) is 0 Å². The first-order valence-corrected chi connectivity index (χ1v) is 9.30. The van der Waals surface area contributed by atoms with E-state index in [0.717, 1.165) is 12.0 Å². The van der Waals surface area contributed by atoms with Crippen molar-refractivity contribution in [3.8, 4) is 17.2 Å². The number of benzene rings is 2. The summed E-state index contributed by atoms with van der Waals surface area (Å²) < 4.78 is 15.9. The van der Waals surface area contributed by atoms with Crippen LogP contribution >= 0.6 is 0 Å². The van der Waals surface area contributed by atoms with E-state index in [2.05, 4.69) is 10.6 Å². The number of hydrogen-bond donors (Lipinski definition) is 2. The van der Waals surface area contributed by atoms with Gasteiger partial charge in [-0.15, -0.1) is 0 Å². The van der Waals surface area contributed by atoms with Gasteiger partial charge in [-0.05, 0) is 42.3 Å². The molecular formula is C21H25N3O5. The molecule has 0 saturated carbocycles. The molecule has 0 radical (unpaired) electrons. The molecule has 1 fully saturated rings. The Labute approximate surface area is 169 Å². The third-order valence-electron chi connectivity index (χ3n) is 4.70. The number of urea groups is 1. The number of carbonyl (C=O) groups excluding carboxylic acids is 2. The van der Waals surface area contributed by atoms with E-state index >= 15 is 0 Å². The quantitative estimate of drug-likeness (QED) is 0.747. The van der Waals surface area contributed by atoms with Crippen molar-refractivity contribution in [1.82, 2.24) is 5.32 Å². The molecule has 0 bridgehead atoms. The van der Waals surface area contributed by atoms with E-state index in [0.29, 0.717) is 48.1 Å². The van der Waals surface area contributed by atoms with Crippen molar-refractivity contribution >= 4 is 23.3 Å². The minimum Gasteiger partial charge on any atom is -0.495 e. The molecule has 2 aromatic carbocycles. The first-order chi connectivity index (χ1) is 14.0. The van der Waals surface area contributed by atoms with Gasteiger partial charge in [-0.25, -0.2) is 4.79 Å². The van der Waals surface area contributed by atoms with Crippen LogP contribution in [0.15, 0.2) is 36.4 Å². The molecule has 3 rings (SSSR count). The van der Waals surface area contributed by atoms with Crippen LogP contribution in [-0.2, 0) is 11.3 Å². The fraction of sp³-hybridized carbons (Fsp3) is 0.333. The zero-order valence-corrected chi connectivity index (χ0v) is 16.8. The van der Waals surface area contributed by atoms with Gasteiger partial charge in [0.1, 0.15) is 5.75 Å². The van der Waals surface area contributed by atoms with Crippen molar-refractivity contribution < 1.29 is 23.8 Å². The Balaban J connectivity index is 1.65. The average molecular weight is 399 g/mol. The second kappa shape index (κ2) is 9.18. The minimum atomic E-state index is -0.358. The Bertz CT molecular complexity index is 900. The van der Waals surface area contributed by atoms with Gasteiger partial charge in [0.05, 0.1) is 27.0 Å². The van der Waals surface area contributed by atoms with Crippen molar-refractivity contribution in [3.63, 3.8) is 0 Å². The van der Waals surface area contributed by atoms with E-state index in [1.54, 1.807) is 50.5 Å². The van der Waals surface area contributed by atoms with E-state index < -0.39 is 0 Å². The van der Waals surface area contributed by atoms with Crippen molar-refractivity contribution in [2.24, 2.45) is 0 Å². The molecule has 0 aliphatic carbocycles. The number of rotatable bonds is 7. The Morgan fingerprint density at radius 1 is 1.00 bits per heavy atom. The van der Waals surface area contributed by atoms with Crippen molar-refractivity contribution in [1.29, 1.82) is 0 Å². The summed E-state index contributed by atoms with van der Waals surface area (Å²) in [6, 6.07) is 10.3. The third-order valence-corrected chi connectivity index (χ3v) is 4.70. The molecule has 0 spiro atoms. The Kier molecular flexibility index (Phi) is 6.43. The number of nitrogens with one attached hydrogen (secondary N) is 2. The van der Waals surface area contributed by atoms with Gasteiger partial charge in [-0.3, -0.25) is 4.79 Å². The summed E-state index contributed by atoms with van der Waals surface area (Å²) in [6.45, 7) is 0.962. The lowest BCUT2D eigenvalue weighted by Gasteiger charge is -2.20. The molecule has 0 unspecified atom stereocenters. The highest BCUT2D eigenvalue weighted by molar-refractivity contribution is 5.98. The van der Waals surface area contributed by atoms with E-state index in [1.807, 2.05) is 12.1 Å². The van der Waals surface area contributed by atoms with Gasteiger partial charge in [0.2, 0.25) is 5.91 Å². The average Bonchev–Trinajstić information content (AvgIpc) is 3.17. The van der Waals surface area contributed by atoms with E-state index in [9.17, 15) is 9.59 Å². The summed E-state index contributed by atoms with van der Waals surface area (Å²) in [5, 5.41) is 5.60. The summed E-state index contributed by atoms with van der Waals surface area (Å²) in [5.74, 6) is 1.88. The van der Waals surface area contributed by atoms with E-state index in [4.69, 9.17) is 14.2 Å². The molecule has 3 amide bonds. The molecule has 1 saturated heterocycles. The van der Waals surface area contributed by atoms with Gasteiger partial charge in [0, 0.05) is 25.2 Å². The summed E-state index contributed by atoms with van der Waals surface area (Å²) >= 11 is 0. The largest absolute Gasteiger partial charge is 0.495 e. The summed E-state index contributed by atoms with van der Waals surface area (Å²) in [5.41, 5.74) is 2.11. The number of methoxy groups -OCH3 is 3. The van der Waals surface area contributed by atoms with Gasteiger partial charge in [-0.1, -0.05) is 6.07 Å². The predicted octanol–water partition coefficient (Wildman–Crippen LogP) is 3.16. The maximum atomic E-state index is 12.3. The Hall–Kier alpha value is -3.42. The summed E-state index contributed by atoms with van der Waals surface area (Å²) in [4.78, 5) is 26.1. The minimum absolute atomic E-state index is 0.0540. The van der Waals surface area contributed by atoms with E-state index in [1.165, 1.54) is 0 Å². The highest BCUT2D eigenvalue weighted by atomic mass is 16.5.